The van der Waals surface area contributed by atoms with Gasteiger partial charge < -0.3 is 4.42 Å². The fourth-order valence-corrected chi connectivity index (χ4v) is 8.57. The van der Waals surface area contributed by atoms with E-state index in [1.807, 2.05) is 30.3 Å². The SMILES string of the molecule is c1ccc(-c2nc(-c3ccc(-c4cccc5ccccc45)cc3)nc(-c3ccc4c(c3)sc3cc5nc(-c6ccc7ccccc7c6)oc5cc34)n2)cc1. The largest absolute Gasteiger partial charge is 0.436 e. The summed E-state index contributed by atoms with van der Waals surface area (Å²) in [5.41, 5.74) is 7.74. The van der Waals surface area contributed by atoms with Gasteiger partial charge in [0.2, 0.25) is 5.89 Å². The molecule has 0 aliphatic carbocycles. The van der Waals surface area contributed by atoms with Crippen LogP contribution in [0.1, 0.15) is 0 Å². The van der Waals surface area contributed by atoms with Gasteiger partial charge in [0.1, 0.15) is 5.52 Å². The molecule has 0 saturated heterocycles. The van der Waals surface area contributed by atoms with Crippen LogP contribution in [0.25, 0.3) is 110 Å². The average molecular weight is 709 g/mol. The van der Waals surface area contributed by atoms with Crippen molar-refractivity contribution in [2.45, 2.75) is 0 Å². The van der Waals surface area contributed by atoms with Crippen LogP contribution in [-0.4, -0.2) is 19.9 Å². The number of oxazole rings is 1. The Kier molecular flexibility index (Phi) is 6.97. The maximum atomic E-state index is 6.35. The summed E-state index contributed by atoms with van der Waals surface area (Å²) in [6, 6.07) is 58.9. The van der Waals surface area contributed by atoms with Crippen LogP contribution in [-0.2, 0) is 0 Å². The van der Waals surface area contributed by atoms with E-state index < -0.39 is 0 Å². The molecule has 0 spiro atoms. The summed E-state index contributed by atoms with van der Waals surface area (Å²) < 4.78 is 8.65. The molecule has 0 aliphatic heterocycles. The van der Waals surface area contributed by atoms with Gasteiger partial charge in [-0.05, 0) is 63.0 Å². The second kappa shape index (κ2) is 12.3. The van der Waals surface area contributed by atoms with E-state index in [-0.39, 0.29) is 0 Å². The molecular weight excluding hydrogens is 681 g/mol. The van der Waals surface area contributed by atoms with Crippen LogP contribution < -0.4 is 0 Å². The predicted octanol–water partition coefficient (Wildman–Crippen LogP) is 13.0. The Bertz CT molecular complexity index is 3220. The van der Waals surface area contributed by atoms with Crippen LogP contribution >= 0.6 is 11.3 Å². The summed E-state index contributed by atoms with van der Waals surface area (Å²) in [5, 5.41) is 7.11. The van der Waals surface area contributed by atoms with E-state index in [0.29, 0.717) is 23.4 Å². The topological polar surface area (TPSA) is 64.7 Å². The van der Waals surface area contributed by atoms with Crippen molar-refractivity contribution in [2.24, 2.45) is 0 Å². The molecule has 0 N–H and O–H groups in total. The lowest BCUT2D eigenvalue weighted by Gasteiger charge is -2.10. The minimum absolute atomic E-state index is 0.628. The molecule has 0 fully saturated rings. The number of nitrogens with zero attached hydrogens (tertiary/aromatic N) is 4. The summed E-state index contributed by atoms with van der Waals surface area (Å²) in [6.45, 7) is 0. The third kappa shape index (κ3) is 5.23. The van der Waals surface area contributed by atoms with Crippen LogP contribution in [0, 0.1) is 0 Å². The van der Waals surface area contributed by atoms with Crippen molar-refractivity contribution in [3.05, 3.63) is 170 Å². The number of benzene rings is 8. The Morgan fingerprint density at radius 1 is 0.370 bits per heavy atom. The fourth-order valence-electron chi connectivity index (χ4n) is 7.41. The van der Waals surface area contributed by atoms with Crippen LogP contribution in [0.3, 0.4) is 0 Å². The minimum Gasteiger partial charge on any atom is -0.436 e. The highest BCUT2D eigenvalue weighted by molar-refractivity contribution is 7.25. The maximum Gasteiger partial charge on any atom is 0.227 e. The number of thiophene rings is 1. The molecule has 0 atom stereocenters. The lowest BCUT2D eigenvalue weighted by Crippen LogP contribution is -2.00. The number of hydrogen-bond acceptors (Lipinski definition) is 6. The number of fused-ring (bicyclic) bond motifs is 6. The van der Waals surface area contributed by atoms with E-state index in [1.54, 1.807) is 11.3 Å². The monoisotopic (exact) mass is 708 g/mol. The van der Waals surface area contributed by atoms with Crippen LogP contribution in [0.5, 0.6) is 0 Å². The van der Waals surface area contributed by atoms with E-state index in [2.05, 4.69) is 140 Å². The molecule has 8 aromatic carbocycles. The first-order chi connectivity index (χ1) is 26.7. The van der Waals surface area contributed by atoms with Gasteiger partial charge in [0, 0.05) is 42.4 Å². The Morgan fingerprint density at radius 3 is 1.83 bits per heavy atom. The van der Waals surface area contributed by atoms with E-state index in [1.165, 1.54) is 21.7 Å². The molecule has 54 heavy (non-hydrogen) atoms. The lowest BCUT2D eigenvalue weighted by atomic mass is 9.97. The van der Waals surface area contributed by atoms with Crippen LogP contribution in [0.4, 0.5) is 0 Å². The summed E-state index contributed by atoms with van der Waals surface area (Å²) >= 11 is 1.74. The van der Waals surface area contributed by atoms with Gasteiger partial charge in [-0.3, -0.25) is 0 Å². The minimum atomic E-state index is 0.628. The molecule has 11 rings (SSSR count). The highest BCUT2D eigenvalue weighted by Crippen LogP contribution is 2.40. The maximum absolute atomic E-state index is 6.35. The zero-order valence-electron chi connectivity index (χ0n) is 28.8. The summed E-state index contributed by atoms with van der Waals surface area (Å²) in [7, 11) is 0. The quantitative estimate of drug-likeness (QED) is 0.178. The van der Waals surface area contributed by atoms with Crippen molar-refractivity contribution in [1.82, 2.24) is 19.9 Å². The highest BCUT2D eigenvalue weighted by Gasteiger charge is 2.17. The number of hydrogen-bond donors (Lipinski definition) is 0. The molecule has 0 amide bonds. The standard InChI is InChI=1S/C48H28N4OS/c1-2-11-32(12-3-1)45-50-46(33-20-18-31(19-21-33)38-16-8-14-30-10-6-7-15-37(30)38)52-47(51-45)35-23-24-39-40-27-42-41(28-44(40)54-43(39)26-35)49-48(53-42)36-22-17-29-9-4-5-13-34(29)25-36/h1-28H. The third-order valence-corrected chi connectivity index (χ3v) is 11.3. The predicted molar refractivity (Wildman–Crippen MR) is 222 cm³/mol. The first kappa shape index (κ1) is 30.6. The second-order valence-corrected chi connectivity index (χ2v) is 14.6. The summed E-state index contributed by atoms with van der Waals surface area (Å²) in [4.78, 5) is 20.0. The van der Waals surface area contributed by atoms with Crippen molar-refractivity contribution >= 4 is 64.2 Å². The zero-order chi connectivity index (χ0) is 35.6. The average Bonchev–Trinajstić information content (AvgIpc) is 3.82. The van der Waals surface area contributed by atoms with Gasteiger partial charge in [-0.25, -0.2) is 19.9 Å². The molecule has 0 saturated carbocycles. The fraction of sp³-hybridized carbons (Fsp3) is 0. The van der Waals surface area contributed by atoms with Crippen LogP contribution in [0.2, 0.25) is 0 Å². The van der Waals surface area contributed by atoms with Crippen LogP contribution in [0.15, 0.2) is 174 Å². The van der Waals surface area contributed by atoms with Gasteiger partial charge in [-0.2, -0.15) is 0 Å². The zero-order valence-corrected chi connectivity index (χ0v) is 29.6. The Labute approximate surface area is 313 Å². The van der Waals surface area contributed by atoms with Gasteiger partial charge in [0.15, 0.2) is 23.1 Å². The molecule has 5 nitrogen and oxygen atoms in total. The molecule has 0 bridgehead atoms. The molecule has 11 aromatic rings. The molecule has 252 valence electrons. The second-order valence-electron chi connectivity index (χ2n) is 13.5. The Morgan fingerprint density at radius 2 is 1.00 bits per heavy atom. The normalized spacial score (nSPS) is 11.7. The van der Waals surface area contributed by atoms with E-state index in [4.69, 9.17) is 24.4 Å². The lowest BCUT2D eigenvalue weighted by molar-refractivity contribution is 0.620. The molecule has 3 aromatic heterocycles. The van der Waals surface area contributed by atoms with Gasteiger partial charge in [-0.15, -0.1) is 11.3 Å². The number of aromatic nitrogens is 4. The molecular formula is C48H28N4OS. The smallest absolute Gasteiger partial charge is 0.227 e. The highest BCUT2D eigenvalue weighted by atomic mass is 32.1. The molecule has 0 unspecified atom stereocenters. The Balaban J connectivity index is 0.980. The van der Waals surface area contributed by atoms with Gasteiger partial charge >= 0.3 is 0 Å². The molecule has 6 heteroatoms. The van der Waals surface area contributed by atoms with E-state index >= 15 is 0 Å². The Hall–Kier alpha value is -7.02. The third-order valence-electron chi connectivity index (χ3n) is 10.1. The van der Waals surface area contributed by atoms with Gasteiger partial charge in [-0.1, -0.05) is 140 Å². The van der Waals surface area contributed by atoms with Crippen molar-refractivity contribution in [3.8, 4) is 56.7 Å². The molecule has 0 aliphatic rings. The van der Waals surface area contributed by atoms with E-state index in [9.17, 15) is 0 Å². The molecule has 0 radical (unpaired) electrons. The first-order valence-electron chi connectivity index (χ1n) is 17.9. The number of rotatable bonds is 5. The van der Waals surface area contributed by atoms with Crippen molar-refractivity contribution in [1.29, 1.82) is 0 Å². The van der Waals surface area contributed by atoms with E-state index in [0.717, 1.165) is 64.5 Å². The van der Waals surface area contributed by atoms with Gasteiger partial charge in [0.25, 0.3) is 0 Å². The summed E-state index contributed by atoms with van der Waals surface area (Å²) in [6.07, 6.45) is 0. The summed E-state index contributed by atoms with van der Waals surface area (Å²) in [5.74, 6) is 2.53. The van der Waals surface area contributed by atoms with Crippen molar-refractivity contribution in [2.75, 3.05) is 0 Å². The first-order valence-corrected chi connectivity index (χ1v) is 18.7. The van der Waals surface area contributed by atoms with Crippen molar-refractivity contribution < 1.29 is 4.42 Å². The van der Waals surface area contributed by atoms with Gasteiger partial charge in [0.05, 0.1) is 0 Å². The van der Waals surface area contributed by atoms with Crippen molar-refractivity contribution in [3.63, 3.8) is 0 Å². The molecule has 3 heterocycles.